The van der Waals surface area contributed by atoms with Crippen molar-refractivity contribution < 1.29 is 22.7 Å². The zero-order chi connectivity index (χ0) is 16.7. The first-order valence-corrected chi connectivity index (χ1v) is 8.49. The average Bonchev–Trinajstić information content (AvgIpc) is 3.01. The van der Waals surface area contributed by atoms with Gasteiger partial charge in [-0.25, -0.2) is 4.79 Å². The van der Waals surface area contributed by atoms with Crippen molar-refractivity contribution in [2.45, 2.75) is 69.6 Å². The van der Waals surface area contributed by atoms with Crippen LogP contribution in [0.15, 0.2) is 0 Å². The topological polar surface area (TPSA) is 50.4 Å². The molecule has 1 heterocycles. The lowest BCUT2D eigenvalue weighted by Gasteiger charge is -2.53. The first-order valence-electron chi connectivity index (χ1n) is 8.49. The number of halogens is 3. The maximum Gasteiger partial charge on any atom is 0.394 e. The minimum absolute atomic E-state index is 0.00958. The van der Waals surface area contributed by atoms with Gasteiger partial charge >= 0.3 is 12.2 Å². The van der Waals surface area contributed by atoms with Crippen molar-refractivity contribution in [2.24, 2.45) is 11.3 Å². The molecular weight excluding hydrogens is 309 g/mol. The number of carbonyl (C=O) groups is 1. The highest BCUT2D eigenvalue weighted by Crippen LogP contribution is 2.59. The standard InChI is InChI=1S/C16H25F3N2O2/c1-11(12-2-9-23-10-12)20-13(22)21-15-6-3-14(4-7-15,5-8-15)16(17,18)19/h11-12H,2-10H2,1H3,(H2,20,21,22)/t11-,12+,14?,15?/m0/s1. The van der Waals surface area contributed by atoms with Crippen LogP contribution in [0.25, 0.3) is 0 Å². The summed E-state index contributed by atoms with van der Waals surface area (Å²) in [6.07, 6.45) is -1.56. The van der Waals surface area contributed by atoms with Crippen LogP contribution in [0.3, 0.4) is 0 Å². The van der Waals surface area contributed by atoms with Crippen LogP contribution in [-0.4, -0.2) is 37.0 Å². The van der Waals surface area contributed by atoms with Gasteiger partial charge in [-0.1, -0.05) is 0 Å². The number of urea groups is 1. The predicted octanol–water partition coefficient (Wildman–Crippen LogP) is 3.37. The van der Waals surface area contributed by atoms with E-state index in [9.17, 15) is 18.0 Å². The molecule has 0 aromatic carbocycles. The van der Waals surface area contributed by atoms with Crippen LogP contribution in [0.5, 0.6) is 0 Å². The highest BCUT2D eigenvalue weighted by Gasteiger charge is 2.61. The molecule has 1 aliphatic heterocycles. The third kappa shape index (κ3) is 3.16. The predicted molar refractivity (Wildman–Crippen MR) is 79.0 cm³/mol. The van der Waals surface area contributed by atoms with Gasteiger partial charge < -0.3 is 15.4 Å². The number of hydrogen-bond donors (Lipinski definition) is 2. The van der Waals surface area contributed by atoms with Gasteiger partial charge in [0.05, 0.1) is 12.0 Å². The lowest BCUT2D eigenvalue weighted by atomic mass is 9.57. The first-order chi connectivity index (χ1) is 10.8. The Kier molecular flexibility index (Phi) is 4.27. The van der Waals surface area contributed by atoms with Gasteiger partial charge in [-0.2, -0.15) is 13.2 Å². The van der Waals surface area contributed by atoms with Crippen molar-refractivity contribution in [3.05, 3.63) is 0 Å². The summed E-state index contributed by atoms with van der Waals surface area (Å²) >= 11 is 0. The van der Waals surface area contributed by atoms with Crippen LogP contribution in [0.1, 0.15) is 51.9 Å². The lowest BCUT2D eigenvalue weighted by molar-refractivity contribution is -0.253. The molecule has 4 fully saturated rings. The molecule has 4 nitrogen and oxygen atoms in total. The van der Waals surface area contributed by atoms with E-state index < -0.39 is 17.1 Å². The maximum absolute atomic E-state index is 13.2. The summed E-state index contributed by atoms with van der Waals surface area (Å²) in [6, 6.07) is -0.249. The Morgan fingerprint density at radius 2 is 1.78 bits per heavy atom. The minimum atomic E-state index is -4.13. The van der Waals surface area contributed by atoms with Gasteiger partial charge in [0.2, 0.25) is 0 Å². The summed E-state index contributed by atoms with van der Waals surface area (Å²) in [6.45, 7) is 3.33. The number of carbonyl (C=O) groups excluding carboxylic acids is 1. The molecule has 3 saturated carbocycles. The van der Waals surface area contributed by atoms with E-state index in [2.05, 4.69) is 10.6 Å². The first kappa shape index (κ1) is 16.9. The summed E-state index contributed by atoms with van der Waals surface area (Å²) in [5.41, 5.74) is -1.97. The molecule has 0 unspecified atom stereocenters. The SMILES string of the molecule is C[C@H](NC(=O)NC12CCC(C(F)(F)F)(CC1)CC2)[C@@H]1CCOC1. The quantitative estimate of drug-likeness (QED) is 0.831. The minimum Gasteiger partial charge on any atom is -0.381 e. The fourth-order valence-corrected chi connectivity index (χ4v) is 4.35. The monoisotopic (exact) mass is 334 g/mol. The van der Waals surface area contributed by atoms with Crippen molar-refractivity contribution in [1.29, 1.82) is 0 Å². The summed E-state index contributed by atoms with van der Waals surface area (Å²) in [7, 11) is 0. The summed E-state index contributed by atoms with van der Waals surface area (Å²) < 4.78 is 45.0. The Morgan fingerprint density at radius 3 is 2.26 bits per heavy atom. The molecule has 0 aromatic heterocycles. The molecular formula is C16H25F3N2O2. The summed E-state index contributed by atoms with van der Waals surface area (Å²) in [5, 5.41) is 5.92. The van der Waals surface area contributed by atoms with Crippen molar-refractivity contribution in [3.63, 3.8) is 0 Å². The van der Waals surface area contributed by atoms with Crippen molar-refractivity contribution in [2.75, 3.05) is 13.2 Å². The number of alkyl halides is 3. The van der Waals surface area contributed by atoms with E-state index in [-0.39, 0.29) is 31.3 Å². The van der Waals surface area contributed by atoms with Crippen LogP contribution in [0.2, 0.25) is 0 Å². The lowest BCUT2D eigenvalue weighted by Crippen LogP contribution is -2.62. The molecule has 2 N–H and O–H groups in total. The number of ether oxygens (including phenoxy) is 1. The molecule has 3 aliphatic carbocycles. The van der Waals surface area contributed by atoms with E-state index in [1.54, 1.807) is 0 Å². The Morgan fingerprint density at radius 1 is 1.17 bits per heavy atom. The number of rotatable bonds is 3. The molecule has 132 valence electrons. The van der Waals surface area contributed by atoms with Crippen molar-refractivity contribution in [3.8, 4) is 0 Å². The Hall–Kier alpha value is -0.980. The van der Waals surface area contributed by atoms with Crippen LogP contribution in [0, 0.1) is 11.3 Å². The van der Waals surface area contributed by atoms with E-state index in [0.29, 0.717) is 31.8 Å². The van der Waals surface area contributed by atoms with E-state index in [4.69, 9.17) is 4.74 Å². The van der Waals surface area contributed by atoms with Gasteiger partial charge in [0.25, 0.3) is 0 Å². The van der Waals surface area contributed by atoms with Crippen molar-refractivity contribution >= 4 is 6.03 Å². The zero-order valence-electron chi connectivity index (χ0n) is 13.5. The molecule has 2 atom stereocenters. The highest BCUT2D eigenvalue weighted by molar-refractivity contribution is 5.75. The Labute approximate surface area is 134 Å². The molecule has 1 saturated heterocycles. The van der Waals surface area contributed by atoms with Gasteiger partial charge in [0.15, 0.2) is 0 Å². The fraction of sp³-hybridized carbons (Fsp3) is 0.938. The summed E-state index contributed by atoms with van der Waals surface area (Å²) in [5.74, 6) is 0.314. The van der Waals surface area contributed by atoms with E-state index in [1.165, 1.54) is 0 Å². The maximum atomic E-state index is 13.2. The second kappa shape index (κ2) is 5.83. The second-order valence-electron chi connectivity index (χ2n) is 7.57. The fourth-order valence-electron chi connectivity index (χ4n) is 4.35. The molecule has 4 rings (SSSR count). The van der Waals surface area contributed by atoms with Gasteiger partial charge in [-0.05, 0) is 51.9 Å². The van der Waals surface area contributed by atoms with Gasteiger partial charge in [0, 0.05) is 24.1 Å². The van der Waals surface area contributed by atoms with E-state index in [0.717, 1.165) is 13.0 Å². The number of hydrogen-bond acceptors (Lipinski definition) is 2. The molecule has 7 heteroatoms. The largest absolute Gasteiger partial charge is 0.394 e. The number of nitrogens with one attached hydrogen (secondary N) is 2. The third-order valence-electron chi connectivity index (χ3n) is 6.26. The molecule has 0 aromatic rings. The second-order valence-corrected chi connectivity index (χ2v) is 7.57. The average molecular weight is 334 g/mol. The molecule has 2 amide bonds. The molecule has 0 radical (unpaired) electrons. The van der Waals surface area contributed by atoms with Crippen LogP contribution in [-0.2, 0) is 4.74 Å². The van der Waals surface area contributed by atoms with E-state index >= 15 is 0 Å². The molecule has 0 spiro atoms. The van der Waals surface area contributed by atoms with Crippen LogP contribution in [0.4, 0.5) is 18.0 Å². The summed E-state index contributed by atoms with van der Waals surface area (Å²) in [4.78, 5) is 12.3. The zero-order valence-corrected chi connectivity index (χ0v) is 13.5. The third-order valence-corrected chi connectivity index (χ3v) is 6.26. The van der Waals surface area contributed by atoms with Gasteiger partial charge in [0.1, 0.15) is 0 Å². The smallest absolute Gasteiger partial charge is 0.381 e. The van der Waals surface area contributed by atoms with Gasteiger partial charge in [-0.15, -0.1) is 0 Å². The normalized spacial score (nSPS) is 38.3. The molecule has 23 heavy (non-hydrogen) atoms. The Bertz CT molecular complexity index is 436. The highest BCUT2D eigenvalue weighted by atomic mass is 19.4. The number of amides is 2. The Balaban J connectivity index is 1.54. The van der Waals surface area contributed by atoms with E-state index in [1.807, 2.05) is 6.92 Å². The van der Waals surface area contributed by atoms with Crippen LogP contribution >= 0.6 is 0 Å². The number of fused-ring (bicyclic) bond motifs is 3. The molecule has 4 aliphatic rings. The molecule has 2 bridgehead atoms. The van der Waals surface area contributed by atoms with Crippen LogP contribution < -0.4 is 10.6 Å². The van der Waals surface area contributed by atoms with Gasteiger partial charge in [-0.3, -0.25) is 0 Å². The van der Waals surface area contributed by atoms with Crippen molar-refractivity contribution in [1.82, 2.24) is 10.6 Å².